The second kappa shape index (κ2) is 6.76. The largest absolute Gasteiger partial charge is 0.369 e. The van der Waals surface area contributed by atoms with Gasteiger partial charge in [0.05, 0.1) is 16.7 Å². The van der Waals surface area contributed by atoms with Gasteiger partial charge in [-0.2, -0.15) is 0 Å². The minimum atomic E-state index is -0.291. The molecule has 0 amide bonds. The Kier molecular flexibility index (Phi) is 4.30. The van der Waals surface area contributed by atoms with Crippen LogP contribution < -0.4 is 11.4 Å². The zero-order valence-electron chi connectivity index (χ0n) is 13.8. The summed E-state index contributed by atoms with van der Waals surface area (Å²) >= 11 is 3.54. The molecular formula is C19H16BrN5O. The Morgan fingerprint density at radius 3 is 2.35 bits per heavy atom. The smallest absolute Gasteiger partial charge is 0.353 e. The minimum Gasteiger partial charge on any atom is -0.369 e. The Labute approximate surface area is 158 Å². The molecule has 2 aromatic carbocycles. The molecule has 0 saturated carbocycles. The standard InChI is InChI=1S/C19H16BrN5O/c20-15-16(14-9-5-2-6-10-14)22-18(21)25-17(15)23-24(19(25)26)12-11-13-7-3-1-4-8-13/h1-10H,11-12H2,(H2,21,22). The first-order chi connectivity index (χ1) is 12.6. The molecule has 4 aromatic rings. The van der Waals surface area contributed by atoms with Crippen molar-refractivity contribution in [3.63, 3.8) is 0 Å². The first kappa shape index (κ1) is 16.5. The van der Waals surface area contributed by atoms with Gasteiger partial charge in [-0.25, -0.2) is 18.9 Å². The van der Waals surface area contributed by atoms with Gasteiger partial charge in [0.25, 0.3) is 0 Å². The molecule has 0 spiro atoms. The first-order valence-electron chi connectivity index (χ1n) is 8.19. The number of nitrogen functional groups attached to an aromatic ring is 1. The zero-order chi connectivity index (χ0) is 18.1. The Hall–Kier alpha value is -2.93. The number of hydrogen-bond acceptors (Lipinski definition) is 4. The second-order valence-electron chi connectivity index (χ2n) is 5.90. The molecule has 0 atom stereocenters. The fourth-order valence-corrected chi connectivity index (χ4v) is 3.46. The van der Waals surface area contributed by atoms with Gasteiger partial charge in [0.15, 0.2) is 5.65 Å². The molecule has 0 bridgehead atoms. The Balaban J connectivity index is 1.78. The lowest BCUT2D eigenvalue weighted by molar-refractivity contribution is 0.593. The van der Waals surface area contributed by atoms with Crippen LogP contribution in [0.5, 0.6) is 0 Å². The molecule has 0 radical (unpaired) electrons. The molecule has 0 aliphatic heterocycles. The Morgan fingerprint density at radius 2 is 1.65 bits per heavy atom. The van der Waals surface area contributed by atoms with Crippen LogP contribution >= 0.6 is 15.9 Å². The molecule has 6 nitrogen and oxygen atoms in total. The number of nitrogens with zero attached hydrogens (tertiary/aromatic N) is 4. The first-order valence-corrected chi connectivity index (χ1v) is 8.98. The van der Waals surface area contributed by atoms with Crippen molar-refractivity contribution in [2.24, 2.45) is 0 Å². The van der Waals surface area contributed by atoms with E-state index < -0.39 is 0 Å². The monoisotopic (exact) mass is 409 g/mol. The molecule has 0 saturated heterocycles. The summed E-state index contributed by atoms with van der Waals surface area (Å²) in [6, 6.07) is 19.6. The lowest BCUT2D eigenvalue weighted by Gasteiger charge is -2.06. The summed E-state index contributed by atoms with van der Waals surface area (Å²) in [6.07, 6.45) is 0.709. The minimum absolute atomic E-state index is 0.123. The van der Waals surface area contributed by atoms with Gasteiger partial charge in [-0.15, -0.1) is 5.10 Å². The van der Waals surface area contributed by atoms with E-state index in [-0.39, 0.29) is 11.6 Å². The number of nitrogens with two attached hydrogens (primary N) is 1. The van der Waals surface area contributed by atoms with Crippen molar-refractivity contribution in [1.29, 1.82) is 0 Å². The van der Waals surface area contributed by atoms with Crippen molar-refractivity contribution < 1.29 is 0 Å². The third kappa shape index (κ3) is 2.90. The van der Waals surface area contributed by atoms with Crippen LogP contribution in [0.15, 0.2) is 69.9 Å². The lowest BCUT2D eigenvalue weighted by atomic mass is 10.1. The van der Waals surface area contributed by atoms with E-state index in [1.807, 2.05) is 60.7 Å². The molecule has 2 heterocycles. The van der Waals surface area contributed by atoms with E-state index in [1.54, 1.807) is 0 Å². The van der Waals surface area contributed by atoms with Gasteiger partial charge in [-0.3, -0.25) is 0 Å². The van der Waals surface area contributed by atoms with Crippen LogP contribution in [0.4, 0.5) is 5.95 Å². The van der Waals surface area contributed by atoms with Gasteiger partial charge >= 0.3 is 5.69 Å². The van der Waals surface area contributed by atoms with Crippen molar-refractivity contribution in [2.75, 3.05) is 5.73 Å². The summed E-state index contributed by atoms with van der Waals surface area (Å²) < 4.78 is 3.41. The molecule has 7 heteroatoms. The van der Waals surface area contributed by atoms with Crippen LogP contribution in [0, 0.1) is 0 Å². The predicted molar refractivity (Wildman–Crippen MR) is 105 cm³/mol. The van der Waals surface area contributed by atoms with Gasteiger partial charge in [0, 0.05) is 5.56 Å². The van der Waals surface area contributed by atoms with E-state index in [4.69, 9.17) is 5.73 Å². The summed E-state index contributed by atoms with van der Waals surface area (Å²) in [5.41, 5.74) is 8.95. The van der Waals surface area contributed by atoms with Crippen molar-refractivity contribution in [1.82, 2.24) is 19.2 Å². The highest BCUT2D eigenvalue weighted by atomic mass is 79.9. The number of halogens is 1. The molecule has 130 valence electrons. The number of benzene rings is 2. The van der Waals surface area contributed by atoms with Crippen LogP contribution in [-0.2, 0) is 13.0 Å². The van der Waals surface area contributed by atoms with Gasteiger partial charge in [0.2, 0.25) is 5.95 Å². The van der Waals surface area contributed by atoms with E-state index >= 15 is 0 Å². The second-order valence-corrected chi connectivity index (χ2v) is 6.69. The SMILES string of the molecule is Nc1nc(-c2ccccc2)c(Br)c2nn(CCc3ccccc3)c(=O)n12. The van der Waals surface area contributed by atoms with Crippen molar-refractivity contribution >= 4 is 27.5 Å². The quantitative estimate of drug-likeness (QED) is 0.561. The van der Waals surface area contributed by atoms with Gasteiger partial charge in [-0.1, -0.05) is 60.7 Å². The number of anilines is 1. The summed E-state index contributed by atoms with van der Waals surface area (Å²) in [6.45, 7) is 0.469. The molecule has 2 aromatic heterocycles. The maximum absolute atomic E-state index is 12.7. The highest BCUT2D eigenvalue weighted by Crippen LogP contribution is 2.29. The fraction of sp³-hybridized carbons (Fsp3) is 0.105. The van der Waals surface area contributed by atoms with Gasteiger partial charge in [-0.05, 0) is 27.9 Å². The molecule has 0 fully saturated rings. The third-order valence-electron chi connectivity index (χ3n) is 4.20. The highest BCUT2D eigenvalue weighted by molar-refractivity contribution is 9.10. The molecule has 0 aliphatic rings. The van der Waals surface area contributed by atoms with E-state index in [0.717, 1.165) is 11.1 Å². The summed E-state index contributed by atoms with van der Waals surface area (Å²) in [5.74, 6) is 0.123. The number of fused-ring (bicyclic) bond motifs is 1. The molecule has 0 aliphatic carbocycles. The zero-order valence-corrected chi connectivity index (χ0v) is 15.4. The van der Waals surface area contributed by atoms with E-state index in [1.165, 1.54) is 9.08 Å². The third-order valence-corrected chi connectivity index (χ3v) is 4.93. The van der Waals surface area contributed by atoms with Crippen LogP contribution in [0.1, 0.15) is 5.56 Å². The molecule has 0 unspecified atom stereocenters. The number of aromatic nitrogens is 4. The van der Waals surface area contributed by atoms with E-state index in [2.05, 4.69) is 26.0 Å². The summed E-state index contributed by atoms with van der Waals surface area (Å²) in [4.78, 5) is 17.1. The molecular weight excluding hydrogens is 394 g/mol. The molecule has 4 rings (SSSR count). The maximum atomic E-state index is 12.7. The fourth-order valence-electron chi connectivity index (χ4n) is 2.89. The lowest BCUT2D eigenvalue weighted by Crippen LogP contribution is -2.24. The van der Waals surface area contributed by atoms with Gasteiger partial charge < -0.3 is 5.73 Å². The average Bonchev–Trinajstić information content (AvgIpc) is 3.02. The number of aryl methyl sites for hydroxylation is 2. The van der Waals surface area contributed by atoms with E-state index in [0.29, 0.717) is 28.8 Å². The Morgan fingerprint density at radius 1 is 1.00 bits per heavy atom. The van der Waals surface area contributed by atoms with Gasteiger partial charge in [0.1, 0.15) is 0 Å². The van der Waals surface area contributed by atoms with Crippen molar-refractivity contribution in [3.05, 3.63) is 81.2 Å². The van der Waals surface area contributed by atoms with E-state index in [9.17, 15) is 4.79 Å². The maximum Gasteiger partial charge on any atom is 0.353 e. The molecule has 26 heavy (non-hydrogen) atoms. The summed E-state index contributed by atoms with van der Waals surface area (Å²) in [5, 5.41) is 4.47. The number of rotatable bonds is 4. The van der Waals surface area contributed by atoms with Crippen molar-refractivity contribution in [2.45, 2.75) is 13.0 Å². The topological polar surface area (TPSA) is 78.2 Å². The van der Waals surface area contributed by atoms with Crippen LogP contribution in [-0.4, -0.2) is 19.2 Å². The number of hydrogen-bond donors (Lipinski definition) is 1. The van der Waals surface area contributed by atoms with Crippen LogP contribution in [0.2, 0.25) is 0 Å². The highest BCUT2D eigenvalue weighted by Gasteiger charge is 2.18. The average molecular weight is 410 g/mol. The Bertz CT molecular complexity index is 1120. The molecule has 2 N–H and O–H groups in total. The van der Waals surface area contributed by atoms with Crippen molar-refractivity contribution in [3.8, 4) is 11.3 Å². The van der Waals surface area contributed by atoms with Crippen LogP contribution in [0.25, 0.3) is 16.9 Å². The normalized spacial score (nSPS) is 11.1. The predicted octanol–water partition coefficient (Wildman–Crippen LogP) is 3.15. The summed E-state index contributed by atoms with van der Waals surface area (Å²) in [7, 11) is 0. The van der Waals surface area contributed by atoms with Crippen LogP contribution in [0.3, 0.4) is 0 Å².